The van der Waals surface area contributed by atoms with Crippen molar-refractivity contribution in [1.82, 2.24) is 0 Å². The lowest BCUT2D eigenvalue weighted by Gasteiger charge is -2.25. The van der Waals surface area contributed by atoms with Crippen molar-refractivity contribution in [2.24, 2.45) is 5.92 Å². The Morgan fingerprint density at radius 2 is 1.10 bits per heavy atom. The van der Waals surface area contributed by atoms with Gasteiger partial charge in [-0.1, -0.05) is 97.2 Å². The summed E-state index contributed by atoms with van der Waals surface area (Å²) in [7, 11) is 0. The third-order valence-corrected chi connectivity index (χ3v) is 6.87. The second kappa shape index (κ2) is 13.8. The highest BCUT2D eigenvalue weighted by atomic mass is 14.2. The molecule has 2 aromatic rings. The maximum atomic E-state index is 2.72. The van der Waals surface area contributed by atoms with Gasteiger partial charge in [0.15, 0.2) is 0 Å². The van der Waals surface area contributed by atoms with Crippen LogP contribution in [0.1, 0.15) is 113 Å². The fourth-order valence-electron chi connectivity index (χ4n) is 4.82. The quantitative estimate of drug-likeness (QED) is 0.268. The van der Waals surface area contributed by atoms with E-state index in [4.69, 9.17) is 0 Å². The van der Waals surface area contributed by atoms with Crippen LogP contribution in [0, 0.1) is 12.3 Å². The van der Waals surface area contributed by atoms with E-state index < -0.39 is 0 Å². The van der Waals surface area contributed by atoms with Crippen molar-refractivity contribution in [2.75, 3.05) is 0 Å². The zero-order chi connectivity index (χ0) is 22.6. The van der Waals surface area contributed by atoms with Gasteiger partial charge in [0, 0.05) is 0 Å². The molecule has 2 aromatic carbocycles. The average Bonchev–Trinajstić information content (AvgIpc) is 2.81. The maximum absolute atomic E-state index is 2.72. The standard InChI is InChI=1S/C31H47/c1-7-13-14-15-28(20-29-18-24(8-2)16-25(9-3)19-29)23-30(12-6)31-21-26(10-4)17-27(11-5)22-31/h16-19,21-23,28,30H,7-15,20H2,1-6H3. The number of unbranched alkanes of at least 4 members (excludes halogenated alkanes) is 2. The Morgan fingerprint density at radius 1 is 0.613 bits per heavy atom. The van der Waals surface area contributed by atoms with Crippen LogP contribution in [0.2, 0.25) is 0 Å². The molecule has 0 heterocycles. The van der Waals surface area contributed by atoms with Crippen LogP contribution in [0.3, 0.4) is 0 Å². The Labute approximate surface area is 193 Å². The fraction of sp³-hybridized carbons (Fsp3) is 0.581. The average molecular weight is 420 g/mol. The summed E-state index contributed by atoms with van der Waals surface area (Å²) < 4.78 is 0. The Bertz CT molecular complexity index is 725. The molecule has 1 radical (unpaired) electrons. The predicted molar refractivity (Wildman–Crippen MR) is 139 cm³/mol. The molecule has 31 heavy (non-hydrogen) atoms. The molecule has 0 aliphatic heterocycles. The van der Waals surface area contributed by atoms with Crippen LogP contribution in [-0.2, 0) is 32.1 Å². The van der Waals surface area contributed by atoms with Crippen LogP contribution < -0.4 is 0 Å². The van der Waals surface area contributed by atoms with Crippen molar-refractivity contribution in [3.8, 4) is 0 Å². The molecule has 2 rings (SSSR count). The molecule has 0 spiro atoms. The first-order valence-corrected chi connectivity index (χ1v) is 13.2. The molecule has 0 aliphatic rings. The van der Waals surface area contributed by atoms with Crippen molar-refractivity contribution in [3.63, 3.8) is 0 Å². The summed E-state index contributed by atoms with van der Waals surface area (Å²) in [4.78, 5) is 0. The van der Waals surface area contributed by atoms with E-state index in [9.17, 15) is 0 Å². The molecule has 0 heteroatoms. The Kier molecular flexibility index (Phi) is 11.4. The molecule has 171 valence electrons. The molecule has 0 saturated heterocycles. The molecule has 0 saturated carbocycles. The van der Waals surface area contributed by atoms with Crippen LogP contribution in [0.5, 0.6) is 0 Å². The van der Waals surface area contributed by atoms with Crippen LogP contribution in [0.15, 0.2) is 36.4 Å². The molecule has 0 amide bonds. The van der Waals surface area contributed by atoms with Gasteiger partial charge in [-0.2, -0.15) is 0 Å². The molecule has 2 unspecified atom stereocenters. The summed E-state index contributed by atoms with van der Waals surface area (Å²) in [5.41, 5.74) is 9.06. The summed E-state index contributed by atoms with van der Waals surface area (Å²) in [5.74, 6) is 1.21. The van der Waals surface area contributed by atoms with E-state index in [0.29, 0.717) is 11.8 Å². The Hall–Kier alpha value is -1.56. The molecule has 0 fully saturated rings. The van der Waals surface area contributed by atoms with E-state index in [0.717, 1.165) is 25.7 Å². The summed E-state index contributed by atoms with van der Waals surface area (Å²) in [6.45, 7) is 13.8. The van der Waals surface area contributed by atoms with Crippen LogP contribution >= 0.6 is 0 Å². The van der Waals surface area contributed by atoms with Gasteiger partial charge in [0.25, 0.3) is 0 Å². The van der Waals surface area contributed by atoms with E-state index >= 15 is 0 Å². The zero-order valence-electron chi connectivity index (χ0n) is 21.3. The molecule has 2 atom stereocenters. The lowest BCUT2D eigenvalue weighted by atomic mass is 9.80. The van der Waals surface area contributed by atoms with Crippen molar-refractivity contribution >= 4 is 0 Å². The van der Waals surface area contributed by atoms with E-state index in [2.05, 4.69) is 84.4 Å². The summed E-state index contributed by atoms with van der Waals surface area (Å²) >= 11 is 0. The van der Waals surface area contributed by atoms with E-state index in [1.54, 1.807) is 5.56 Å². The van der Waals surface area contributed by atoms with Crippen LogP contribution in [-0.4, -0.2) is 0 Å². The predicted octanol–water partition coefficient (Wildman–Crippen LogP) is 9.07. The highest BCUT2D eigenvalue weighted by molar-refractivity contribution is 5.35. The highest BCUT2D eigenvalue weighted by Gasteiger charge is 2.19. The summed E-state index contributed by atoms with van der Waals surface area (Å²) in [6, 6.07) is 14.7. The van der Waals surface area contributed by atoms with Crippen molar-refractivity contribution in [2.45, 2.75) is 112 Å². The molecule has 0 aliphatic carbocycles. The van der Waals surface area contributed by atoms with Gasteiger partial charge >= 0.3 is 0 Å². The summed E-state index contributed by atoms with van der Waals surface area (Å²) in [6.07, 6.45) is 14.9. The monoisotopic (exact) mass is 419 g/mol. The molecule has 0 N–H and O–H groups in total. The molecule has 0 nitrogen and oxygen atoms in total. The van der Waals surface area contributed by atoms with Crippen molar-refractivity contribution in [3.05, 3.63) is 76.2 Å². The molecular weight excluding hydrogens is 372 g/mol. The topological polar surface area (TPSA) is 0 Å². The second-order valence-corrected chi connectivity index (χ2v) is 9.32. The van der Waals surface area contributed by atoms with Crippen molar-refractivity contribution < 1.29 is 0 Å². The van der Waals surface area contributed by atoms with E-state index in [1.165, 1.54) is 66.3 Å². The number of hydrogen-bond donors (Lipinski definition) is 0. The second-order valence-electron chi connectivity index (χ2n) is 9.32. The maximum Gasteiger partial charge on any atom is -0.0130 e. The third kappa shape index (κ3) is 8.13. The van der Waals surface area contributed by atoms with Crippen LogP contribution in [0.4, 0.5) is 0 Å². The van der Waals surface area contributed by atoms with E-state index in [-0.39, 0.29) is 0 Å². The van der Waals surface area contributed by atoms with Gasteiger partial charge < -0.3 is 0 Å². The fourth-order valence-corrected chi connectivity index (χ4v) is 4.82. The van der Waals surface area contributed by atoms with E-state index in [1.807, 2.05) is 0 Å². The van der Waals surface area contributed by atoms with Gasteiger partial charge in [0.05, 0.1) is 0 Å². The normalized spacial score (nSPS) is 13.4. The Balaban J connectivity index is 2.26. The minimum absolute atomic E-state index is 0.559. The number of rotatable bonds is 14. The third-order valence-electron chi connectivity index (χ3n) is 6.87. The van der Waals surface area contributed by atoms with Gasteiger partial charge in [-0.3, -0.25) is 0 Å². The zero-order valence-corrected chi connectivity index (χ0v) is 21.3. The van der Waals surface area contributed by atoms with Gasteiger partial charge in [-0.05, 0) is 96.6 Å². The number of hydrogen-bond acceptors (Lipinski definition) is 0. The van der Waals surface area contributed by atoms with Crippen LogP contribution in [0.25, 0.3) is 0 Å². The smallest absolute Gasteiger partial charge is 0.0130 e. The van der Waals surface area contributed by atoms with Gasteiger partial charge in [-0.15, -0.1) is 0 Å². The first-order valence-electron chi connectivity index (χ1n) is 13.2. The van der Waals surface area contributed by atoms with Gasteiger partial charge in [-0.25, -0.2) is 0 Å². The van der Waals surface area contributed by atoms with Gasteiger partial charge in [0.1, 0.15) is 0 Å². The lowest BCUT2D eigenvalue weighted by molar-refractivity contribution is 0.475. The van der Waals surface area contributed by atoms with Gasteiger partial charge in [0.2, 0.25) is 0 Å². The first-order chi connectivity index (χ1) is 15.1. The molecular formula is C31H47. The van der Waals surface area contributed by atoms with Crippen molar-refractivity contribution in [1.29, 1.82) is 0 Å². The SMILES string of the molecule is CCCCCC([CH]C(CC)c1cc(CC)cc(CC)c1)Cc1cc(CC)cc(CC)c1. The summed E-state index contributed by atoms with van der Waals surface area (Å²) in [5, 5.41) is 0. The largest absolute Gasteiger partial charge is 0.0654 e. The minimum atomic E-state index is 0.559. The number of benzene rings is 2. The Morgan fingerprint density at radius 3 is 1.55 bits per heavy atom. The first kappa shape index (κ1) is 25.7. The molecule has 0 aromatic heterocycles. The minimum Gasteiger partial charge on any atom is -0.0654 e. The molecule has 0 bridgehead atoms. The highest BCUT2D eigenvalue weighted by Crippen LogP contribution is 2.32. The lowest BCUT2D eigenvalue weighted by Crippen LogP contribution is -2.13. The number of aryl methyl sites for hydroxylation is 4.